The number of halogens is 2. The number of benzene rings is 1. The number of hydrogen-bond acceptors (Lipinski definition) is 6. The molecule has 2 aromatic rings. The lowest BCUT2D eigenvalue weighted by Gasteiger charge is -2.07. The third-order valence-electron chi connectivity index (χ3n) is 2.12. The lowest BCUT2D eigenvalue weighted by atomic mass is 10.3. The van der Waals surface area contributed by atoms with Gasteiger partial charge in [-0.1, -0.05) is 23.2 Å². The van der Waals surface area contributed by atoms with Crippen LogP contribution in [0.4, 0.5) is 11.4 Å². The van der Waals surface area contributed by atoms with E-state index in [0.29, 0.717) is 0 Å². The third-order valence-corrected chi connectivity index (χ3v) is 2.66. The van der Waals surface area contributed by atoms with Crippen LogP contribution in [-0.2, 0) is 0 Å². The van der Waals surface area contributed by atoms with Gasteiger partial charge in [0.25, 0.3) is 0 Å². The average molecular weight is 301 g/mol. The van der Waals surface area contributed by atoms with E-state index in [1.165, 1.54) is 12.1 Å². The van der Waals surface area contributed by atoms with E-state index in [9.17, 15) is 10.1 Å². The van der Waals surface area contributed by atoms with Gasteiger partial charge in [0.1, 0.15) is 12.0 Å². The number of nitro benzene ring substituents is 1. The molecule has 9 heteroatoms. The molecular formula is C10H6Cl2N4O3. The zero-order valence-electron chi connectivity index (χ0n) is 9.21. The molecule has 0 saturated carbocycles. The van der Waals surface area contributed by atoms with Crippen molar-refractivity contribution in [3.63, 3.8) is 0 Å². The zero-order valence-corrected chi connectivity index (χ0v) is 10.7. The molecule has 0 spiro atoms. The minimum absolute atomic E-state index is 0.00150. The third kappa shape index (κ3) is 2.83. The fraction of sp³-hybridized carbons (Fsp3) is 0. The minimum atomic E-state index is -0.625. The maximum atomic E-state index is 10.9. The standard InChI is InChI=1S/C10H6Cl2N4O3/c11-5-1-2-7(6(3-5)16(17)18)19-10-8(13)9(12)14-4-15-10/h1-4H,13H2. The van der Waals surface area contributed by atoms with Gasteiger partial charge in [0.15, 0.2) is 5.15 Å². The summed E-state index contributed by atoms with van der Waals surface area (Å²) < 4.78 is 5.28. The van der Waals surface area contributed by atoms with E-state index in [1.807, 2.05) is 0 Å². The second-order valence-corrected chi connectivity index (χ2v) is 4.15. The molecule has 0 unspecified atom stereocenters. The van der Waals surface area contributed by atoms with Gasteiger partial charge in [-0.05, 0) is 12.1 Å². The summed E-state index contributed by atoms with van der Waals surface area (Å²) in [6.45, 7) is 0. The van der Waals surface area contributed by atoms with Crippen LogP contribution >= 0.6 is 23.2 Å². The van der Waals surface area contributed by atoms with Gasteiger partial charge in [-0.25, -0.2) is 4.98 Å². The second kappa shape index (κ2) is 5.25. The maximum absolute atomic E-state index is 10.9. The highest BCUT2D eigenvalue weighted by molar-refractivity contribution is 6.32. The molecule has 0 fully saturated rings. The van der Waals surface area contributed by atoms with Crippen LogP contribution < -0.4 is 10.5 Å². The topological polar surface area (TPSA) is 104 Å². The number of anilines is 1. The van der Waals surface area contributed by atoms with E-state index in [0.717, 1.165) is 12.4 Å². The van der Waals surface area contributed by atoms with E-state index in [-0.39, 0.29) is 33.2 Å². The summed E-state index contributed by atoms with van der Waals surface area (Å²) in [7, 11) is 0. The van der Waals surface area contributed by atoms with Crippen LogP contribution in [-0.4, -0.2) is 14.9 Å². The summed E-state index contributed by atoms with van der Waals surface area (Å²) in [5.74, 6) is -0.110. The van der Waals surface area contributed by atoms with Gasteiger partial charge in [0.2, 0.25) is 11.6 Å². The first-order chi connectivity index (χ1) is 8.99. The first kappa shape index (κ1) is 13.3. The number of nitro groups is 1. The molecular weight excluding hydrogens is 295 g/mol. The van der Waals surface area contributed by atoms with Gasteiger partial charge < -0.3 is 10.5 Å². The van der Waals surface area contributed by atoms with E-state index >= 15 is 0 Å². The first-order valence-electron chi connectivity index (χ1n) is 4.87. The molecule has 1 heterocycles. The fourth-order valence-corrected chi connectivity index (χ4v) is 1.56. The van der Waals surface area contributed by atoms with Crippen LogP contribution in [0.15, 0.2) is 24.5 Å². The van der Waals surface area contributed by atoms with Crippen molar-refractivity contribution in [2.75, 3.05) is 5.73 Å². The number of nitrogens with two attached hydrogens (primary N) is 1. The zero-order chi connectivity index (χ0) is 14.0. The van der Waals surface area contributed by atoms with Crippen molar-refractivity contribution in [1.82, 2.24) is 9.97 Å². The highest BCUT2D eigenvalue weighted by Crippen LogP contribution is 2.35. The average Bonchev–Trinajstić information content (AvgIpc) is 2.36. The molecule has 1 aromatic carbocycles. The molecule has 7 nitrogen and oxygen atoms in total. The Balaban J connectivity index is 2.44. The summed E-state index contributed by atoms with van der Waals surface area (Å²) in [5.41, 5.74) is 5.30. The molecule has 0 aliphatic rings. The van der Waals surface area contributed by atoms with Crippen LogP contribution in [0.5, 0.6) is 11.6 Å². The predicted molar refractivity (Wildman–Crippen MR) is 69.6 cm³/mol. The fourth-order valence-electron chi connectivity index (χ4n) is 1.26. The Morgan fingerprint density at radius 3 is 2.74 bits per heavy atom. The Hall–Kier alpha value is -2.12. The minimum Gasteiger partial charge on any atom is -0.430 e. The van der Waals surface area contributed by atoms with Crippen LogP contribution in [0.1, 0.15) is 0 Å². The maximum Gasteiger partial charge on any atom is 0.313 e. The monoisotopic (exact) mass is 300 g/mol. The second-order valence-electron chi connectivity index (χ2n) is 3.35. The molecule has 2 rings (SSSR count). The molecule has 0 saturated heterocycles. The molecule has 0 radical (unpaired) electrons. The number of nitrogen functional groups attached to an aromatic ring is 1. The van der Waals surface area contributed by atoms with Crippen LogP contribution in [0.3, 0.4) is 0 Å². The molecule has 0 atom stereocenters. The summed E-state index contributed by atoms with van der Waals surface area (Å²) >= 11 is 11.4. The van der Waals surface area contributed by atoms with E-state index in [1.54, 1.807) is 0 Å². The van der Waals surface area contributed by atoms with Crippen molar-refractivity contribution in [3.8, 4) is 11.6 Å². The van der Waals surface area contributed by atoms with E-state index < -0.39 is 4.92 Å². The molecule has 0 aliphatic carbocycles. The lowest BCUT2D eigenvalue weighted by molar-refractivity contribution is -0.385. The highest BCUT2D eigenvalue weighted by atomic mass is 35.5. The molecule has 19 heavy (non-hydrogen) atoms. The van der Waals surface area contributed by atoms with Gasteiger partial charge in [-0.2, -0.15) is 4.98 Å². The Morgan fingerprint density at radius 1 is 1.32 bits per heavy atom. The first-order valence-corrected chi connectivity index (χ1v) is 5.62. The lowest BCUT2D eigenvalue weighted by Crippen LogP contribution is -1.99. The molecule has 0 bridgehead atoms. The van der Waals surface area contributed by atoms with Gasteiger partial charge in [0, 0.05) is 11.1 Å². The van der Waals surface area contributed by atoms with Crippen molar-refractivity contribution in [2.24, 2.45) is 0 Å². The van der Waals surface area contributed by atoms with Crippen LogP contribution in [0.25, 0.3) is 0 Å². The number of hydrogen-bond donors (Lipinski definition) is 1. The molecule has 2 N–H and O–H groups in total. The normalized spacial score (nSPS) is 10.2. The quantitative estimate of drug-likeness (QED) is 0.530. The van der Waals surface area contributed by atoms with Crippen molar-refractivity contribution in [2.45, 2.75) is 0 Å². The number of rotatable bonds is 3. The number of nitrogens with zero attached hydrogens (tertiary/aromatic N) is 3. The molecule has 0 amide bonds. The Morgan fingerprint density at radius 2 is 2.05 bits per heavy atom. The summed E-state index contributed by atoms with van der Waals surface area (Å²) in [6.07, 6.45) is 1.13. The Labute approximate surface area is 117 Å². The number of aromatic nitrogens is 2. The van der Waals surface area contributed by atoms with Gasteiger partial charge >= 0.3 is 5.69 Å². The van der Waals surface area contributed by atoms with Crippen molar-refractivity contribution in [3.05, 3.63) is 44.8 Å². The van der Waals surface area contributed by atoms with E-state index in [4.69, 9.17) is 33.7 Å². The molecule has 1 aromatic heterocycles. The largest absolute Gasteiger partial charge is 0.430 e. The van der Waals surface area contributed by atoms with Gasteiger partial charge in [-0.15, -0.1) is 0 Å². The summed E-state index contributed by atoms with van der Waals surface area (Å²) in [5, 5.41) is 11.1. The van der Waals surface area contributed by atoms with Gasteiger partial charge in [0.05, 0.1) is 4.92 Å². The number of ether oxygens (including phenoxy) is 1. The summed E-state index contributed by atoms with van der Waals surface area (Å²) in [4.78, 5) is 17.7. The van der Waals surface area contributed by atoms with Crippen molar-refractivity contribution in [1.29, 1.82) is 0 Å². The Kier molecular flexibility index (Phi) is 3.68. The smallest absolute Gasteiger partial charge is 0.313 e. The highest BCUT2D eigenvalue weighted by Gasteiger charge is 2.18. The van der Waals surface area contributed by atoms with Crippen LogP contribution in [0, 0.1) is 10.1 Å². The molecule has 98 valence electrons. The molecule has 0 aliphatic heterocycles. The SMILES string of the molecule is Nc1c(Cl)ncnc1Oc1ccc(Cl)cc1[N+](=O)[O-]. The van der Waals surface area contributed by atoms with Gasteiger partial charge in [-0.3, -0.25) is 10.1 Å². The van der Waals surface area contributed by atoms with E-state index in [2.05, 4.69) is 9.97 Å². The van der Waals surface area contributed by atoms with Crippen molar-refractivity contribution >= 4 is 34.6 Å². The summed E-state index contributed by atoms with van der Waals surface area (Å²) in [6, 6.07) is 3.95. The Bertz CT molecular complexity index is 651. The van der Waals surface area contributed by atoms with Crippen LogP contribution in [0.2, 0.25) is 10.2 Å². The predicted octanol–water partition coefficient (Wildman–Crippen LogP) is 3.07. The van der Waals surface area contributed by atoms with Crippen molar-refractivity contribution < 1.29 is 9.66 Å².